The Balaban J connectivity index is 0.951. The van der Waals surface area contributed by atoms with Crippen LogP contribution in [0.3, 0.4) is 0 Å². The van der Waals surface area contributed by atoms with Crippen LogP contribution in [0.5, 0.6) is 0 Å². The van der Waals surface area contributed by atoms with Crippen molar-refractivity contribution >= 4 is 42.2 Å². The predicted molar refractivity (Wildman–Crippen MR) is 133 cm³/mol. The van der Waals surface area contributed by atoms with Crippen LogP contribution < -0.4 is 11.5 Å². The van der Waals surface area contributed by atoms with Crippen LogP contribution in [0.25, 0.3) is 22.3 Å². The Morgan fingerprint density at radius 1 is 0.750 bits per heavy atom. The number of hydrogen-bond donors (Lipinski definition) is 2. The molecule has 0 aliphatic heterocycles. The second-order valence-corrected chi connectivity index (χ2v) is 11.1. The molecule has 13 nitrogen and oxygen atoms in total. The molecule has 0 spiro atoms. The van der Waals surface area contributed by atoms with Crippen LogP contribution in [0.1, 0.15) is 38.5 Å². The largest absolute Gasteiger partial charge is 0.382 e. The highest BCUT2D eigenvalue weighted by Crippen LogP contribution is 2.52. The van der Waals surface area contributed by atoms with E-state index in [1.54, 1.807) is 12.7 Å². The third-order valence-corrected chi connectivity index (χ3v) is 8.37. The molecule has 4 heterocycles. The summed E-state index contributed by atoms with van der Waals surface area (Å²) >= 11 is 0. The van der Waals surface area contributed by atoms with E-state index in [0.29, 0.717) is 35.9 Å². The molecule has 4 aromatic heterocycles. The number of hydrogen-bond acceptors (Lipinski definition) is 11. The lowest BCUT2D eigenvalue weighted by Gasteiger charge is -2.17. The van der Waals surface area contributed by atoms with Crippen LogP contribution in [0, 0.1) is 10.8 Å². The number of anilines is 2. The molecular formula is C22H29N10O3P. The summed E-state index contributed by atoms with van der Waals surface area (Å²) in [6.45, 7) is 2.34. The van der Waals surface area contributed by atoms with Gasteiger partial charge in [-0.25, -0.2) is 29.9 Å². The SMILES string of the molecule is Nc1ncnc2c1ncn2CC1(CCO[PH](=O)OCCC2(Cn3cnc4c(N)ncnc43)CC2)CC1. The highest BCUT2D eigenvalue weighted by molar-refractivity contribution is 7.33. The molecule has 36 heavy (non-hydrogen) atoms. The Morgan fingerprint density at radius 3 is 1.61 bits per heavy atom. The fraction of sp³-hybridized carbons (Fsp3) is 0.545. The van der Waals surface area contributed by atoms with Gasteiger partial charge in [0.25, 0.3) is 0 Å². The molecule has 2 fully saturated rings. The van der Waals surface area contributed by atoms with Gasteiger partial charge in [-0.15, -0.1) is 0 Å². The van der Waals surface area contributed by atoms with E-state index in [1.165, 1.54) is 12.7 Å². The lowest BCUT2D eigenvalue weighted by molar-refractivity contribution is 0.190. The van der Waals surface area contributed by atoms with E-state index in [1.807, 2.05) is 9.13 Å². The summed E-state index contributed by atoms with van der Waals surface area (Å²) in [6, 6.07) is 0. The Morgan fingerprint density at radius 2 is 1.19 bits per heavy atom. The van der Waals surface area contributed by atoms with Crippen LogP contribution in [0.2, 0.25) is 0 Å². The quantitative estimate of drug-likeness (QED) is 0.267. The van der Waals surface area contributed by atoms with Gasteiger partial charge in [0, 0.05) is 13.1 Å². The van der Waals surface area contributed by atoms with E-state index in [9.17, 15) is 4.57 Å². The van der Waals surface area contributed by atoms with E-state index in [4.69, 9.17) is 20.5 Å². The maximum Gasteiger partial charge on any atom is 0.319 e. The van der Waals surface area contributed by atoms with E-state index in [0.717, 1.165) is 62.9 Å². The first kappa shape index (κ1) is 23.3. The van der Waals surface area contributed by atoms with Gasteiger partial charge < -0.3 is 29.6 Å². The minimum absolute atomic E-state index is 0.105. The lowest BCUT2D eigenvalue weighted by Crippen LogP contribution is -2.14. The summed E-state index contributed by atoms with van der Waals surface area (Å²) < 4.78 is 27.5. The van der Waals surface area contributed by atoms with Gasteiger partial charge in [0.2, 0.25) is 0 Å². The molecule has 2 aliphatic rings. The molecule has 4 N–H and O–H groups in total. The first-order valence-corrected chi connectivity index (χ1v) is 13.3. The van der Waals surface area contributed by atoms with Crippen LogP contribution in [0.4, 0.5) is 11.6 Å². The maximum absolute atomic E-state index is 12.4. The van der Waals surface area contributed by atoms with Crippen molar-refractivity contribution in [1.29, 1.82) is 0 Å². The summed E-state index contributed by atoms with van der Waals surface area (Å²) in [5.41, 5.74) is 14.7. The molecule has 190 valence electrons. The second kappa shape index (κ2) is 9.06. The maximum atomic E-state index is 12.4. The van der Waals surface area contributed by atoms with Crippen molar-refractivity contribution in [3.8, 4) is 0 Å². The predicted octanol–water partition coefficient (Wildman–Crippen LogP) is 2.59. The number of nitrogens with two attached hydrogens (primary N) is 2. The Hall–Kier alpha value is -3.15. The van der Waals surface area contributed by atoms with Crippen molar-refractivity contribution < 1.29 is 13.6 Å². The fourth-order valence-electron chi connectivity index (χ4n) is 4.82. The number of aromatic nitrogens is 8. The second-order valence-electron chi connectivity index (χ2n) is 10.1. The molecule has 0 amide bonds. The van der Waals surface area contributed by atoms with Crippen molar-refractivity contribution in [2.75, 3.05) is 24.7 Å². The zero-order chi connectivity index (χ0) is 24.8. The van der Waals surface area contributed by atoms with Crippen molar-refractivity contribution in [3.63, 3.8) is 0 Å². The van der Waals surface area contributed by atoms with Gasteiger partial charge in [-0.1, -0.05) is 0 Å². The van der Waals surface area contributed by atoms with E-state index >= 15 is 0 Å². The van der Waals surface area contributed by atoms with Gasteiger partial charge >= 0.3 is 8.25 Å². The summed E-state index contributed by atoms with van der Waals surface area (Å²) in [5, 5.41) is 0. The Bertz CT molecular complexity index is 1320. The number of imidazole rings is 2. The topological polar surface area (TPSA) is 175 Å². The van der Waals surface area contributed by atoms with Crippen LogP contribution >= 0.6 is 8.25 Å². The molecule has 2 aliphatic carbocycles. The number of nitrogens with zero attached hydrogens (tertiary/aromatic N) is 8. The minimum atomic E-state index is -2.54. The molecule has 14 heteroatoms. The van der Waals surface area contributed by atoms with Crippen LogP contribution in [-0.4, -0.2) is 52.3 Å². The Kier molecular flexibility index (Phi) is 5.85. The minimum Gasteiger partial charge on any atom is -0.382 e. The molecule has 0 atom stereocenters. The zero-order valence-corrected chi connectivity index (χ0v) is 20.8. The smallest absolute Gasteiger partial charge is 0.319 e. The van der Waals surface area contributed by atoms with Crippen LogP contribution in [0.15, 0.2) is 25.3 Å². The summed E-state index contributed by atoms with van der Waals surface area (Å²) in [6.07, 6.45) is 12.4. The molecule has 0 radical (unpaired) electrons. The molecule has 6 rings (SSSR count). The number of rotatable bonds is 12. The van der Waals surface area contributed by atoms with Crippen molar-refractivity contribution in [2.24, 2.45) is 10.8 Å². The average molecular weight is 513 g/mol. The summed E-state index contributed by atoms with van der Waals surface area (Å²) in [5.74, 6) is 0.764. The van der Waals surface area contributed by atoms with Crippen LogP contribution in [-0.2, 0) is 26.7 Å². The number of fused-ring (bicyclic) bond motifs is 2. The first-order chi connectivity index (χ1) is 17.5. The summed E-state index contributed by atoms with van der Waals surface area (Å²) in [4.78, 5) is 25.3. The van der Waals surface area contributed by atoms with Gasteiger partial charge in [0.1, 0.15) is 23.7 Å². The monoisotopic (exact) mass is 512 g/mol. The van der Waals surface area contributed by atoms with Gasteiger partial charge in [-0.3, -0.25) is 4.57 Å². The van der Waals surface area contributed by atoms with Crippen molar-refractivity contribution in [3.05, 3.63) is 25.3 Å². The summed E-state index contributed by atoms with van der Waals surface area (Å²) in [7, 11) is -2.54. The third-order valence-electron chi connectivity index (χ3n) is 7.49. The Labute approximate surface area is 207 Å². The van der Waals surface area contributed by atoms with E-state index in [2.05, 4.69) is 29.9 Å². The number of nitrogen functional groups attached to an aromatic ring is 2. The fourth-order valence-corrected chi connectivity index (χ4v) is 5.44. The van der Waals surface area contributed by atoms with Gasteiger partial charge in [0.15, 0.2) is 22.9 Å². The first-order valence-electron chi connectivity index (χ1n) is 12.1. The molecular weight excluding hydrogens is 483 g/mol. The van der Waals surface area contributed by atoms with E-state index < -0.39 is 8.25 Å². The van der Waals surface area contributed by atoms with E-state index in [-0.39, 0.29) is 10.8 Å². The van der Waals surface area contributed by atoms with Gasteiger partial charge in [0.05, 0.1) is 25.9 Å². The van der Waals surface area contributed by atoms with Gasteiger partial charge in [-0.05, 0) is 49.4 Å². The molecule has 4 aromatic rings. The highest BCUT2D eigenvalue weighted by Gasteiger charge is 2.44. The molecule has 0 unspecified atom stereocenters. The highest BCUT2D eigenvalue weighted by atomic mass is 31.1. The third kappa shape index (κ3) is 4.65. The molecule has 2 saturated carbocycles. The standard InChI is InChI=1S/C22H29N10O3P/c23-17-15-19(27-11-25-17)31(13-29-15)9-21(1-2-21)5-7-34-36(33)35-8-6-22(3-4-22)10-32-14-30-16-18(24)26-12-28-20(16)32/h11-14,36H,1-10H2,(H2,23,25,27)(H2,24,26,28). The van der Waals surface area contributed by atoms with Gasteiger partial charge in [-0.2, -0.15) is 0 Å². The van der Waals surface area contributed by atoms with Crippen molar-refractivity contribution in [1.82, 2.24) is 39.0 Å². The molecule has 0 saturated heterocycles. The zero-order valence-electron chi connectivity index (χ0n) is 19.8. The molecule has 0 aromatic carbocycles. The molecule has 0 bridgehead atoms. The van der Waals surface area contributed by atoms with Crippen molar-refractivity contribution in [2.45, 2.75) is 51.6 Å². The average Bonchev–Trinajstić information content (AvgIpc) is 3.71. The lowest BCUT2D eigenvalue weighted by atomic mass is 10.0. The normalized spacial score (nSPS) is 17.8.